The molecule has 0 saturated heterocycles. The summed E-state index contributed by atoms with van der Waals surface area (Å²) in [6.07, 6.45) is 7.60. The van der Waals surface area contributed by atoms with E-state index in [1.165, 1.54) is 12.0 Å². The largest absolute Gasteiger partial charge is 0.492 e. The molecule has 0 fully saturated rings. The first kappa shape index (κ1) is 19.3. The molecule has 6 nitrogen and oxygen atoms in total. The van der Waals surface area contributed by atoms with E-state index in [-0.39, 0.29) is 12.5 Å². The molecular weight excluding hydrogens is 340 g/mol. The lowest BCUT2D eigenvalue weighted by Gasteiger charge is -2.24. The van der Waals surface area contributed by atoms with E-state index >= 15 is 0 Å². The van der Waals surface area contributed by atoms with Crippen molar-refractivity contribution in [1.29, 1.82) is 0 Å². The third kappa shape index (κ3) is 5.77. The molecule has 138 valence electrons. The minimum absolute atomic E-state index is 0.268. The fourth-order valence-corrected chi connectivity index (χ4v) is 3.65. The summed E-state index contributed by atoms with van der Waals surface area (Å²) in [5.74, 6) is 0.112. The maximum absolute atomic E-state index is 12.3. The lowest BCUT2D eigenvalue weighted by Crippen LogP contribution is -2.41. The van der Waals surface area contributed by atoms with Crippen molar-refractivity contribution in [3.05, 3.63) is 35.9 Å². The number of carbonyl (C=O) groups excluding carboxylic acids is 1. The Balaban J connectivity index is 2.11. The van der Waals surface area contributed by atoms with E-state index in [1.807, 2.05) is 6.92 Å². The number of nitrogens with zero attached hydrogens (tertiary/aromatic N) is 1. The second-order valence-corrected chi connectivity index (χ2v) is 7.96. The Labute approximate surface area is 149 Å². The van der Waals surface area contributed by atoms with Gasteiger partial charge >= 0.3 is 0 Å². The number of benzene rings is 1. The molecule has 0 atom stereocenters. The third-order valence-electron chi connectivity index (χ3n) is 4.02. The van der Waals surface area contributed by atoms with Crippen LogP contribution in [-0.2, 0) is 14.8 Å². The van der Waals surface area contributed by atoms with Crippen LogP contribution in [-0.4, -0.2) is 40.3 Å². The number of hydrogen-bond acceptors (Lipinski definition) is 4. The van der Waals surface area contributed by atoms with Crippen LogP contribution in [0.1, 0.15) is 32.6 Å². The number of carbonyl (C=O) groups is 1. The topological polar surface area (TPSA) is 75.7 Å². The van der Waals surface area contributed by atoms with Crippen molar-refractivity contribution in [1.82, 2.24) is 5.32 Å². The Bertz CT molecular complexity index is 728. The fraction of sp³-hybridized carbons (Fsp3) is 0.500. The van der Waals surface area contributed by atoms with Gasteiger partial charge in [0.25, 0.3) is 0 Å². The highest BCUT2D eigenvalue weighted by Gasteiger charge is 2.23. The molecule has 2 rings (SSSR count). The minimum atomic E-state index is -3.62. The van der Waals surface area contributed by atoms with E-state index in [0.717, 1.165) is 29.8 Å². The maximum Gasteiger partial charge on any atom is 0.241 e. The first-order valence-corrected chi connectivity index (χ1v) is 10.4. The molecule has 25 heavy (non-hydrogen) atoms. The highest BCUT2D eigenvalue weighted by atomic mass is 32.2. The van der Waals surface area contributed by atoms with E-state index in [0.29, 0.717) is 24.6 Å². The number of ether oxygens (including phenoxy) is 1. The summed E-state index contributed by atoms with van der Waals surface area (Å²) in [6, 6.07) is 6.83. The number of amides is 1. The van der Waals surface area contributed by atoms with Gasteiger partial charge in [0.05, 0.1) is 18.6 Å². The van der Waals surface area contributed by atoms with Crippen molar-refractivity contribution in [2.75, 3.05) is 30.3 Å². The zero-order chi connectivity index (χ0) is 18.3. The van der Waals surface area contributed by atoms with Crippen LogP contribution in [0.25, 0.3) is 0 Å². The summed E-state index contributed by atoms with van der Waals surface area (Å²) in [5, 5.41) is 2.82. The fourth-order valence-electron chi connectivity index (χ4n) is 2.79. The molecule has 0 bridgehead atoms. The molecule has 1 amide bonds. The van der Waals surface area contributed by atoms with Gasteiger partial charge in [-0.3, -0.25) is 9.10 Å². The van der Waals surface area contributed by atoms with Crippen molar-refractivity contribution in [2.45, 2.75) is 32.6 Å². The van der Waals surface area contributed by atoms with Gasteiger partial charge in [0, 0.05) is 6.54 Å². The van der Waals surface area contributed by atoms with Gasteiger partial charge in [-0.25, -0.2) is 8.42 Å². The predicted octanol–water partition coefficient (Wildman–Crippen LogP) is 2.47. The summed E-state index contributed by atoms with van der Waals surface area (Å²) in [5.41, 5.74) is 1.58. The van der Waals surface area contributed by atoms with Crippen LogP contribution in [0.2, 0.25) is 0 Å². The van der Waals surface area contributed by atoms with Crippen molar-refractivity contribution >= 4 is 21.6 Å². The number of sulfonamides is 1. The van der Waals surface area contributed by atoms with Gasteiger partial charge in [0.1, 0.15) is 12.3 Å². The molecule has 0 unspecified atom stereocenters. The third-order valence-corrected chi connectivity index (χ3v) is 5.15. The first-order valence-electron chi connectivity index (χ1n) is 8.56. The van der Waals surface area contributed by atoms with Crippen LogP contribution in [0.4, 0.5) is 5.69 Å². The molecule has 0 radical (unpaired) electrons. The average Bonchev–Trinajstić information content (AvgIpc) is 2.59. The van der Waals surface area contributed by atoms with E-state index in [9.17, 15) is 13.2 Å². The lowest BCUT2D eigenvalue weighted by atomic mass is 10.00. The van der Waals surface area contributed by atoms with Crippen LogP contribution in [0.3, 0.4) is 0 Å². The van der Waals surface area contributed by atoms with Gasteiger partial charge in [-0.1, -0.05) is 23.8 Å². The minimum Gasteiger partial charge on any atom is -0.492 e. The summed E-state index contributed by atoms with van der Waals surface area (Å²) >= 11 is 0. The first-order chi connectivity index (χ1) is 11.9. The van der Waals surface area contributed by atoms with E-state index in [2.05, 4.69) is 11.4 Å². The molecule has 1 aromatic rings. The molecule has 0 aliphatic heterocycles. The predicted molar refractivity (Wildman–Crippen MR) is 99.4 cm³/mol. The second-order valence-electron chi connectivity index (χ2n) is 6.06. The molecule has 7 heteroatoms. The summed E-state index contributed by atoms with van der Waals surface area (Å²) in [7, 11) is -3.62. The number of nitrogens with one attached hydrogen (secondary N) is 1. The van der Waals surface area contributed by atoms with Crippen LogP contribution in [0.15, 0.2) is 35.9 Å². The van der Waals surface area contributed by atoms with Crippen LogP contribution in [0.5, 0.6) is 5.75 Å². The number of para-hydroxylation sites is 2. The Morgan fingerprint density at radius 1 is 1.28 bits per heavy atom. The lowest BCUT2D eigenvalue weighted by molar-refractivity contribution is -0.119. The second kappa shape index (κ2) is 8.89. The van der Waals surface area contributed by atoms with Crippen molar-refractivity contribution in [3.63, 3.8) is 0 Å². The molecule has 0 saturated carbocycles. The van der Waals surface area contributed by atoms with Gasteiger partial charge in [-0.2, -0.15) is 0 Å². The molecule has 0 spiro atoms. The summed E-state index contributed by atoms with van der Waals surface area (Å²) < 4.78 is 31.0. The summed E-state index contributed by atoms with van der Waals surface area (Å²) in [6.45, 7) is 2.45. The van der Waals surface area contributed by atoms with E-state index < -0.39 is 10.0 Å². The van der Waals surface area contributed by atoms with Crippen LogP contribution >= 0.6 is 0 Å². The monoisotopic (exact) mass is 366 g/mol. The van der Waals surface area contributed by atoms with Crippen molar-refractivity contribution in [2.24, 2.45) is 0 Å². The van der Waals surface area contributed by atoms with Gasteiger partial charge in [0.2, 0.25) is 15.9 Å². The number of rotatable bonds is 8. The van der Waals surface area contributed by atoms with E-state index in [1.54, 1.807) is 24.3 Å². The van der Waals surface area contributed by atoms with E-state index in [4.69, 9.17) is 4.74 Å². The van der Waals surface area contributed by atoms with Gasteiger partial charge in [0.15, 0.2) is 0 Å². The van der Waals surface area contributed by atoms with Crippen LogP contribution in [0, 0.1) is 0 Å². The summed E-state index contributed by atoms with van der Waals surface area (Å²) in [4.78, 5) is 12.3. The van der Waals surface area contributed by atoms with Crippen molar-refractivity contribution < 1.29 is 17.9 Å². The molecule has 1 aliphatic rings. The molecular formula is C18H26N2O4S. The number of anilines is 1. The van der Waals surface area contributed by atoms with Crippen molar-refractivity contribution in [3.8, 4) is 5.75 Å². The standard InChI is InChI=1S/C18H26N2O4S/c1-3-24-17-12-8-7-11-16(17)20(25(2,22)23)14-18(21)19-13-15-9-5-4-6-10-15/h7-9,11-12H,3-6,10,13-14H2,1-2H3,(H,19,21). The number of hydrogen-bond donors (Lipinski definition) is 1. The van der Waals surface area contributed by atoms with Crippen LogP contribution < -0.4 is 14.4 Å². The Kier molecular flexibility index (Phi) is 6.87. The molecule has 0 heterocycles. The van der Waals surface area contributed by atoms with Gasteiger partial charge in [-0.15, -0.1) is 0 Å². The molecule has 0 aromatic heterocycles. The molecule has 1 N–H and O–H groups in total. The zero-order valence-corrected chi connectivity index (χ0v) is 15.6. The Morgan fingerprint density at radius 3 is 2.68 bits per heavy atom. The Morgan fingerprint density at radius 2 is 2.04 bits per heavy atom. The normalized spacial score (nSPS) is 14.6. The quantitative estimate of drug-likeness (QED) is 0.717. The molecule has 1 aliphatic carbocycles. The molecule has 1 aromatic carbocycles. The highest BCUT2D eigenvalue weighted by Crippen LogP contribution is 2.29. The average molecular weight is 366 g/mol. The zero-order valence-electron chi connectivity index (χ0n) is 14.8. The highest BCUT2D eigenvalue weighted by molar-refractivity contribution is 7.92. The smallest absolute Gasteiger partial charge is 0.241 e. The van der Waals surface area contributed by atoms with Gasteiger partial charge in [-0.05, 0) is 44.7 Å². The van der Waals surface area contributed by atoms with Gasteiger partial charge < -0.3 is 10.1 Å². The SMILES string of the molecule is CCOc1ccccc1N(CC(=O)NCC1=CCCCC1)S(C)(=O)=O. The number of allylic oxidation sites excluding steroid dienone is 1. The Hall–Kier alpha value is -2.02. The maximum atomic E-state index is 12.3.